The first-order valence-corrected chi connectivity index (χ1v) is 6.61. The molecule has 0 amide bonds. The van der Waals surface area contributed by atoms with Gasteiger partial charge in [-0.15, -0.1) is 0 Å². The number of aldehydes is 1. The van der Waals surface area contributed by atoms with Gasteiger partial charge in [-0.1, -0.05) is 30.7 Å². The molecule has 2 rings (SSSR count). The monoisotopic (exact) mass is 264 g/mol. The number of rotatable bonds is 4. The number of allylic oxidation sites excluding steroid dienone is 2. The Morgan fingerprint density at radius 2 is 2.17 bits per heavy atom. The Kier molecular flexibility index (Phi) is 4.43. The van der Waals surface area contributed by atoms with Gasteiger partial charge in [0.15, 0.2) is 6.29 Å². The van der Waals surface area contributed by atoms with Crippen molar-refractivity contribution in [1.29, 1.82) is 0 Å². The molecule has 18 heavy (non-hydrogen) atoms. The highest BCUT2D eigenvalue weighted by Gasteiger charge is 2.19. The predicted molar refractivity (Wildman–Crippen MR) is 73.4 cm³/mol. The Morgan fingerprint density at radius 3 is 2.89 bits per heavy atom. The van der Waals surface area contributed by atoms with E-state index in [1.54, 1.807) is 18.2 Å². The van der Waals surface area contributed by atoms with Crippen molar-refractivity contribution >= 4 is 17.9 Å². The lowest BCUT2D eigenvalue weighted by Gasteiger charge is -2.25. The van der Waals surface area contributed by atoms with Crippen LogP contribution in [-0.4, -0.2) is 12.9 Å². The molecule has 1 aromatic rings. The molecule has 0 heterocycles. The first-order valence-electron chi connectivity index (χ1n) is 6.23. The second-order valence-corrected chi connectivity index (χ2v) is 5.23. The smallest absolute Gasteiger partial charge is 0.153 e. The summed E-state index contributed by atoms with van der Waals surface area (Å²) in [5, 5.41) is 0.590. The second kappa shape index (κ2) is 6.05. The fraction of sp³-hybridized carbons (Fsp3) is 0.400. The highest BCUT2D eigenvalue weighted by Crippen LogP contribution is 2.27. The van der Waals surface area contributed by atoms with Crippen molar-refractivity contribution in [3.63, 3.8) is 0 Å². The molecule has 0 radical (unpaired) electrons. The van der Waals surface area contributed by atoms with Crippen molar-refractivity contribution in [2.45, 2.75) is 19.8 Å². The Morgan fingerprint density at radius 1 is 1.39 bits per heavy atom. The molecule has 0 saturated carbocycles. The molecule has 0 aliphatic heterocycles. The lowest BCUT2D eigenvalue weighted by Crippen LogP contribution is -2.21. The summed E-state index contributed by atoms with van der Waals surface area (Å²) in [7, 11) is 0. The fourth-order valence-electron chi connectivity index (χ4n) is 2.17. The van der Waals surface area contributed by atoms with Gasteiger partial charge in [0.2, 0.25) is 0 Å². The summed E-state index contributed by atoms with van der Waals surface area (Å²) >= 11 is 5.92. The minimum Gasteiger partial charge on any atom is -0.492 e. The van der Waals surface area contributed by atoms with Gasteiger partial charge >= 0.3 is 0 Å². The molecule has 2 unspecified atom stereocenters. The molecule has 0 aromatic heterocycles. The van der Waals surface area contributed by atoms with Crippen LogP contribution in [0.5, 0.6) is 5.75 Å². The molecule has 1 aliphatic rings. The first kappa shape index (κ1) is 13.2. The van der Waals surface area contributed by atoms with Crippen LogP contribution in [0.15, 0.2) is 30.4 Å². The molecule has 2 atom stereocenters. The molecular weight excluding hydrogens is 248 g/mol. The zero-order valence-corrected chi connectivity index (χ0v) is 11.2. The lowest BCUT2D eigenvalue weighted by atomic mass is 9.85. The van der Waals surface area contributed by atoms with Gasteiger partial charge in [0, 0.05) is 5.02 Å². The van der Waals surface area contributed by atoms with Crippen LogP contribution in [0.2, 0.25) is 5.02 Å². The molecule has 0 N–H and O–H groups in total. The topological polar surface area (TPSA) is 26.3 Å². The van der Waals surface area contributed by atoms with E-state index in [9.17, 15) is 4.79 Å². The van der Waals surface area contributed by atoms with E-state index >= 15 is 0 Å². The van der Waals surface area contributed by atoms with E-state index in [0.29, 0.717) is 34.8 Å². The third kappa shape index (κ3) is 3.14. The number of hydrogen-bond acceptors (Lipinski definition) is 2. The van der Waals surface area contributed by atoms with Crippen molar-refractivity contribution in [2.75, 3.05) is 6.61 Å². The largest absolute Gasteiger partial charge is 0.492 e. The van der Waals surface area contributed by atoms with Crippen LogP contribution in [0.3, 0.4) is 0 Å². The zero-order valence-electron chi connectivity index (χ0n) is 10.4. The van der Waals surface area contributed by atoms with Crippen molar-refractivity contribution in [1.82, 2.24) is 0 Å². The van der Waals surface area contributed by atoms with Gasteiger partial charge in [-0.2, -0.15) is 0 Å². The Balaban J connectivity index is 2.03. The molecule has 0 spiro atoms. The van der Waals surface area contributed by atoms with Gasteiger partial charge in [-0.25, -0.2) is 0 Å². The van der Waals surface area contributed by atoms with E-state index in [0.717, 1.165) is 19.1 Å². The quantitative estimate of drug-likeness (QED) is 0.604. The molecule has 3 heteroatoms. The third-order valence-electron chi connectivity index (χ3n) is 3.47. The third-order valence-corrected chi connectivity index (χ3v) is 3.71. The minimum atomic E-state index is 0.508. The molecule has 96 valence electrons. The maximum Gasteiger partial charge on any atom is 0.153 e. The maximum atomic E-state index is 10.9. The fourth-order valence-corrected chi connectivity index (χ4v) is 2.33. The molecule has 1 aromatic carbocycles. The Labute approximate surface area is 113 Å². The summed E-state index contributed by atoms with van der Waals surface area (Å²) < 4.78 is 5.77. The summed E-state index contributed by atoms with van der Waals surface area (Å²) in [5.41, 5.74) is 0.554. The van der Waals surface area contributed by atoms with Crippen LogP contribution in [0.1, 0.15) is 30.1 Å². The number of carbonyl (C=O) groups excluding carboxylic acids is 1. The molecule has 0 fully saturated rings. The van der Waals surface area contributed by atoms with Crippen LogP contribution in [-0.2, 0) is 0 Å². The number of halogens is 1. The maximum absolute atomic E-state index is 10.9. The highest BCUT2D eigenvalue weighted by atomic mass is 35.5. The van der Waals surface area contributed by atoms with Gasteiger partial charge < -0.3 is 4.74 Å². The average Bonchev–Trinajstić information content (AvgIpc) is 2.38. The zero-order chi connectivity index (χ0) is 13.0. The lowest BCUT2D eigenvalue weighted by molar-refractivity contribution is 0.111. The minimum absolute atomic E-state index is 0.508. The number of benzene rings is 1. The van der Waals surface area contributed by atoms with E-state index in [-0.39, 0.29) is 0 Å². The summed E-state index contributed by atoms with van der Waals surface area (Å²) in [6.07, 6.45) is 7.36. The summed E-state index contributed by atoms with van der Waals surface area (Å²) in [6, 6.07) is 5.09. The molecule has 1 aliphatic carbocycles. The van der Waals surface area contributed by atoms with Gasteiger partial charge in [0.25, 0.3) is 0 Å². The molecule has 2 nitrogen and oxygen atoms in total. The van der Waals surface area contributed by atoms with E-state index < -0.39 is 0 Å². The van der Waals surface area contributed by atoms with E-state index in [2.05, 4.69) is 19.1 Å². The summed E-state index contributed by atoms with van der Waals surface area (Å²) in [5.74, 6) is 1.71. The van der Waals surface area contributed by atoms with Gasteiger partial charge in [-0.05, 0) is 42.9 Å². The SMILES string of the molecule is CC1CC=CCC1COc1cc(Cl)ccc1C=O. The second-order valence-electron chi connectivity index (χ2n) is 4.79. The number of ether oxygens (including phenoxy) is 1. The van der Waals surface area contributed by atoms with Gasteiger partial charge in [0.05, 0.1) is 12.2 Å². The predicted octanol–water partition coefficient (Wildman–Crippen LogP) is 4.13. The van der Waals surface area contributed by atoms with Crippen molar-refractivity contribution in [3.8, 4) is 5.75 Å². The normalized spacial score (nSPS) is 22.8. The van der Waals surface area contributed by atoms with Crippen LogP contribution in [0, 0.1) is 11.8 Å². The standard InChI is InChI=1S/C15H17ClO2/c1-11-4-2-3-5-13(11)10-18-15-8-14(16)7-6-12(15)9-17/h2-3,6-9,11,13H,4-5,10H2,1H3. The number of carbonyl (C=O) groups is 1. The van der Waals surface area contributed by atoms with Gasteiger partial charge in [-0.3, -0.25) is 4.79 Å². The van der Waals surface area contributed by atoms with Crippen LogP contribution >= 0.6 is 11.6 Å². The van der Waals surface area contributed by atoms with Crippen LogP contribution < -0.4 is 4.74 Å². The van der Waals surface area contributed by atoms with Crippen LogP contribution in [0.25, 0.3) is 0 Å². The van der Waals surface area contributed by atoms with E-state index in [1.807, 2.05) is 0 Å². The summed E-state index contributed by atoms with van der Waals surface area (Å²) in [6.45, 7) is 2.86. The van der Waals surface area contributed by atoms with E-state index in [4.69, 9.17) is 16.3 Å². The van der Waals surface area contributed by atoms with Crippen LogP contribution in [0.4, 0.5) is 0 Å². The van der Waals surface area contributed by atoms with Crippen molar-refractivity contribution in [3.05, 3.63) is 40.9 Å². The van der Waals surface area contributed by atoms with Crippen molar-refractivity contribution < 1.29 is 9.53 Å². The van der Waals surface area contributed by atoms with Crippen molar-refractivity contribution in [2.24, 2.45) is 11.8 Å². The Bertz CT molecular complexity index is 454. The highest BCUT2D eigenvalue weighted by molar-refractivity contribution is 6.30. The average molecular weight is 265 g/mol. The molecule has 0 bridgehead atoms. The first-order chi connectivity index (χ1) is 8.70. The van der Waals surface area contributed by atoms with Gasteiger partial charge in [0.1, 0.15) is 5.75 Å². The number of hydrogen-bond donors (Lipinski definition) is 0. The summed E-state index contributed by atoms with van der Waals surface area (Å²) in [4.78, 5) is 10.9. The Hall–Kier alpha value is -1.28. The van der Waals surface area contributed by atoms with E-state index in [1.165, 1.54) is 0 Å². The molecular formula is C15H17ClO2. The molecule has 0 saturated heterocycles.